The summed E-state index contributed by atoms with van der Waals surface area (Å²) >= 11 is 4.95. The number of aromatic nitrogens is 2. The van der Waals surface area contributed by atoms with Crippen LogP contribution >= 0.6 is 12.2 Å². The Kier molecular flexibility index (Phi) is 3.98. The second-order valence-electron chi connectivity index (χ2n) is 2.31. The van der Waals surface area contributed by atoms with Crippen LogP contribution in [0.5, 0.6) is 0 Å². The molecule has 4 nitrogen and oxygen atoms in total. The number of nitrogens with zero attached hydrogens (tertiary/aromatic N) is 2. The average molecular weight is 195 g/mol. The minimum absolute atomic E-state index is 0.242. The van der Waals surface area contributed by atoms with Crippen LogP contribution in [0, 0.1) is 0 Å². The molecule has 0 aliphatic rings. The van der Waals surface area contributed by atoms with Crippen LogP contribution in [-0.4, -0.2) is 27.8 Å². The highest BCUT2D eigenvalue weighted by atomic mass is 32.1. The van der Waals surface area contributed by atoms with Gasteiger partial charge in [0.05, 0.1) is 18.0 Å². The summed E-state index contributed by atoms with van der Waals surface area (Å²) < 4.78 is 0. The van der Waals surface area contributed by atoms with Crippen molar-refractivity contribution >= 4 is 23.5 Å². The fourth-order valence-corrected chi connectivity index (χ4v) is 0.995. The number of rotatable bonds is 4. The van der Waals surface area contributed by atoms with E-state index in [9.17, 15) is 4.79 Å². The van der Waals surface area contributed by atoms with Gasteiger partial charge in [-0.05, 0) is 6.07 Å². The number of carbonyl (C=O) groups is 1. The van der Waals surface area contributed by atoms with Crippen molar-refractivity contribution < 1.29 is 4.79 Å². The van der Waals surface area contributed by atoms with Crippen molar-refractivity contribution in [3.05, 3.63) is 24.3 Å². The van der Waals surface area contributed by atoms with Crippen molar-refractivity contribution in [1.82, 2.24) is 15.3 Å². The molecule has 0 bridgehead atoms. The first-order valence-corrected chi connectivity index (χ1v) is 4.20. The van der Waals surface area contributed by atoms with E-state index in [1.165, 1.54) is 0 Å². The molecule has 0 aliphatic carbocycles. The molecule has 1 aromatic rings. The lowest BCUT2D eigenvalue weighted by Gasteiger charge is -2.02. The number of thiocarbonyl (C=S) groups is 1. The van der Waals surface area contributed by atoms with Crippen molar-refractivity contribution in [3.63, 3.8) is 0 Å². The summed E-state index contributed by atoms with van der Waals surface area (Å²) in [5.41, 5.74) is 0. The van der Waals surface area contributed by atoms with E-state index in [1.807, 2.05) is 0 Å². The van der Waals surface area contributed by atoms with Gasteiger partial charge in [-0.1, -0.05) is 12.2 Å². The van der Waals surface area contributed by atoms with Crippen LogP contribution in [0.3, 0.4) is 0 Å². The third kappa shape index (κ3) is 3.71. The van der Waals surface area contributed by atoms with Gasteiger partial charge >= 0.3 is 0 Å². The number of aldehydes is 1. The molecule has 68 valence electrons. The quantitative estimate of drug-likeness (QED) is 0.547. The first kappa shape index (κ1) is 9.73. The maximum Gasteiger partial charge on any atom is 0.139 e. The van der Waals surface area contributed by atoms with Crippen molar-refractivity contribution in [2.75, 3.05) is 6.54 Å². The number of hydrogen-bond donors (Lipinski definition) is 1. The Morgan fingerprint density at radius 2 is 2.23 bits per heavy atom. The van der Waals surface area contributed by atoms with E-state index in [-0.39, 0.29) is 6.54 Å². The highest BCUT2D eigenvalue weighted by Gasteiger charge is 1.99. The van der Waals surface area contributed by atoms with Crippen LogP contribution in [0.25, 0.3) is 0 Å². The standard InChI is InChI=1S/C8H9N3OS/c12-5-4-11-8(13)6-7-9-2-1-3-10-7/h1-3,5H,4,6H2,(H,11,13). The van der Waals surface area contributed by atoms with Gasteiger partial charge in [-0.2, -0.15) is 0 Å². The maximum absolute atomic E-state index is 10.0. The fourth-order valence-electron chi connectivity index (χ4n) is 0.783. The molecule has 0 fully saturated rings. The van der Waals surface area contributed by atoms with Crippen molar-refractivity contribution in [2.24, 2.45) is 0 Å². The van der Waals surface area contributed by atoms with Gasteiger partial charge in [0, 0.05) is 12.4 Å². The fraction of sp³-hybridized carbons (Fsp3) is 0.250. The molecule has 0 unspecified atom stereocenters. The average Bonchev–Trinajstić information content (AvgIpc) is 2.16. The van der Waals surface area contributed by atoms with Gasteiger partial charge in [0.15, 0.2) is 0 Å². The smallest absolute Gasteiger partial charge is 0.139 e. The van der Waals surface area contributed by atoms with Crippen molar-refractivity contribution in [3.8, 4) is 0 Å². The third-order valence-electron chi connectivity index (χ3n) is 1.32. The molecule has 0 amide bonds. The monoisotopic (exact) mass is 195 g/mol. The number of carbonyl (C=O) groups excluding carboxylic acids is 1. The molecule has 0 aromatic carbocycles. The lowest BCUT2D eigenvalue weighted by Crippen LogP contribution is -2.25. The molecule has 13 heavy (non-hydrogen) atoms. The van der Waals surface area contributed by atoms with Crippen LogP contribution in [0.1, 0.15) is 5.82 Å². The Morgan fingerprint density at radius 1 is 1.54 bits per heavy atom. The zero-order valence-corrected chi connectivity index (χ0v) is 7.75. The summed E-state index contributed by atoms with van der Waals surface area (Å²) in [6.45, 7) is 0.242. The lowest BCUT2D eigenvalue weighted by atomic mass is 10.4. The Labute approximate surface area is 81.4 Å². The van der Waals surface area contributed by atoms with Crippen LogP contribution in [0.4, 0.5) is 0 Å². The zero-order chi connectivity index (χ0) is 9.52. The molecule has 0 radical (unpaired) electrons. The summed E-state index contributed by atoms with van der Waals surface area (Å²) in [4.78, 5) is 18.6. The Balaban J connectivity index is 2.41. The maximum atomic E-state index is 10.0. The molecule has 1 aromatic heterocycles. The molecule has 0 aliphatic heterocycles. The summed E-state index contributed by atoms with van der Waals surface area (Å²) in [6, 6.07) is 1.74. The zero-order valence-electron chi connectivity index (χ0n) is 6.93. The largest absolute Gasteiger partial charge is 0.372 e. The number of hydrogen-bond acceptors (Lipinski definition) is 4. The molecule has 1 N–H and O–H groups in total. The van der Waals surface area contributed by atoms with E-state index < -0.39 is 0 Å². The lowest BCUT2D eigenvalue weighted by molar-refractivity contribution is -0.106. The van der Waals surface area contributed by atoms with Gasteiger partial charge in [0.25, 0.3) is 0 Å². The molecule has 5 heteroatoms. The van der Waals surface area contributed by atoms with E-state index in [2.05, 4.69) is 15.3 Å². The molecular weight excluding hydrogens is 186 g/mol. The van der Waals surface area contributed by atoms with Crippen LogP contribution < -0.4 is 5.32 Å². The predicted octanol–water partition coefficient (Wildman–Crippen LogP) is 0.135. The summed E-state index contributed by atoms with van der Waals surface area (Å²) in [6.07, 6.45) is 4.55. The van der Waals surface area contributed by atoms with Crippen molar-refractivity contribution in [2.45, 2.75) is 6.42 Å². The molecular formula is C8H9N3OS. The van der Waals surface area contributed by atoms with E-state index in [4.69, 9.17) is 12.2 Å². The molecule has 0 atom stereocenters. The van der Waals surface area contributed by atoms with E-state index >= 15 is 0 Å². The van der Waals surface area contributed by atoms with E-state index in [0.29, 0.717) is 17.2 Å². The molecule has 1 rings (SSSR count). The number of nitrogens with one attached hydrogen (secondary N) is 1. The Bertz CT molecular complexity index is 289. The molecule has 1 heterocycles. The first-order valence-electron chi connectivity index (χ1n) is 3.79. The van der Waals surface area contributed by atoms with Gasteiger partial charge in [0.1, 0.15) is 12.1 Å². The Morgan fingerprint density at radius 3 is 2.85 bits per heavy atom. The van der Waals surface area contributed by atoms with Gasteiger partial charge in [-0.15, -0.1) is 0 Å². The normalized spacial score (nSPS) is 9.23. The van der Waals surface area contributed by atoms with Gasteiger partial charge in [0.2, 0.25) is 0 Å². The highest BCUT2D eigenvalue weighted by Crippen LogP contribution is 1.90. The third-order valence-corrected chi connectivity index (χ3v) is 1.61. The highest BCUT2D eigenvalue weighted by molar-refractivity contribution is 7.80. The Hall–Kier alpha value is -1.36. The van der Waals surface area contributed by atoms with Crippen molar-refractivity contribution in [1.29, 1.82) is 0 Å². The minimum atomic E-state index is 0.242. The second kappa shape index (κ2) is 5.31. The molecule has 0 spiro atoms. The van der Waals surface area contributed by atoms with Crippen LogP contribution in [-0.2, 0) is 11.2 Å². The van der Waals surface area contributed by atoms with Gasteiger partial charge in [-0.25, -0.2) is 9.97 Å². The predicted molar refractivity (Wildman–Crippen MR) is 52.4 cm³/mol. The minimum Gasteiger partial charge on any atom is -0.372 e. The summed E-state index contributed by atoms with van der Waals surface area (Å²) in [5, 5.41) is 2.76. The van der Waals surface area contributed by atoms with Crippen LogP contribution in [0.2, 0.25) is 0 Å². The molecule has 0 saturated carbocycles. The SMILES string of the molecule is O=CCNC(=S)Cc1ncccn1. The molecule has 0 saturated heterocycles. The second-order valence-corrected chi connectivity index (χ2v) is 2.81. The van der Waals surface area contributed by atoms with Gasteiger partial charge in [-0.3, -0.25) is 0 Å². The topological polar surface area (TPSA) is 54.9 Å². The summed E-state index contributed by atoms with van der Waals surface area (Å²) in [7, 11) is 0. The van der Waals surface area contributed by atoms with Crippen LogP contribution in [0.15, 0.2) is 18.5 Å². The first-order chi connectivity index (χ1) is 6.33. The van der Waals surface area contributed by atoms with Gasteiger partial charge < -0.3 is 10.1 Å². The summed E-state index contributed by atoms with van der Waals surface area (Å²) in [5.74, 6) is 0.658. The van der Waals surface area contributed by atoms with E-state index in [1.54, 1.807) is 18.5 Å². The van der Waals surface area contributed by atoms with E-state index in [0.717, 1.165) is 6.29 Å².